The number of hydrogen-bond acceptors (Lipinski definition) is 5. The second-order valence-corrected chi connectivity index (χ2v) is 6.65. The van der Waals surface area contributed by atoms with Gasteiger partial charge in [-0.1, -0.05) is 11.6 Å². The van der Waals surface area contributed by atoms with Gasteiger partial charge in [0.25, 0.3) is 0 Å². The van der Waals surface area contributed by atoms with Crippen LogP contribution in [0, 0.1) is 13.8 Å². The molecule has 3 rings (SSSR count). The van der Waals surface area contributed by atoms with Crippen molar-refractivity contribution in [3.05, 3.63) is 64.3 Å². The van der Waals surface area contributed by atoms with Crippen LogP contribution >= 0.6 is 11.6 Å². The largest absolute Gasteiger partial charge is 0.493 e. The molecular formula is C20H20ClNO5. The van der Waals surface area contributed by atoms with Gasteiger partial charge in [-0.2, -0.15) is 0 Å². The van der Waals surface area contributed by atoms with Crippen molar-refractivity contribution >= 4 is 23.4 Å². The summed E-state index contributed by atoms with van der Waals surface area (Å²) in [6.07, 6.45) is 0.248. The maximum atomic E-state index is 12.8. The van der Waals surface area contributed by atoms with Crippen molar-refractivity contribution in [3.63, 3.8) is 0 Å². The molecule has 1 aromatic carbocycles. The number of aryl methyl sites for hydroxylation is 1. The van der Waals surface area contributed by atoms with Crippen LogP contribution in [0.15, 0.2) is 42.4 Å². The SMILES string of the molecule is Cc1cc(C(=O)[C@H](C)OC(=O)C2=COCCO2)c(C)n1-c1ccc(Cl)cc1. The molecule has 0 amide bonds. The molecule has 1 aliphatic heterocycles. The maximum absolute atomic E-state index is 12.8. The Kier molecular flexibility index (Phi) is 5.56. The summed E-state index contributed by atoms with van der Waals surface area (Å²) in [5, 5.41) is 0.640. The number of benzene rings is 1. The first-order chi connectivity index (χ1) is 12.9. The summed E-state index contributed by atoms with van der Waals surface area (Å²) in [5.74, 6) is -1.04. The highest BCUT2D eigenvalue weighted by atomic mass is 35.5. The number of carbonyl (C=O) groups excluding carboxylic acids is 2. The highest BCUT2D eigenvalue weighted by molar-refractivity contribution is 6.30. The van der Waals surface area contributed by atoms with E-state index < -0.39 is 12.1 Å². The molecule has 7 heteroatoms. The fourth-order valence-electron chi connectivity index (χ4n) is 2.97. The van der Waals surface area contributed by atoms with Crippen LogP contribution in [0.4, 0.5) is 0 Å². The van der Waals surface area contributed by atoms with Crippen molar-refractivity contribution in [1.82, 2.24) is 4.57 Å². The van der Waals surface area contributed by atoms with E-state index in [2.05, 4.69) is 0 Å². The lowest BCUT2D eigenvalue weighted by Crippen LogP contribution is -2.27. The molecule has 0 saturated heterocycles. The van der Waals surface area contributed by atoms with Crippen molar-refractivity contribution in [2.24, 2.45) is 0 Å². The number of hydrogen-bond donors (Lipinski definition) is 0. The Bertz CT molecular complexity index is 898. The molecule has 0 radical (unpaired) electrons. The quantitative estimate of drug-likeness (QED) is 0.575. The third kappa shape index (κ3) is 4.01. The smallest absolute Gasteiger partial charge is 0.377 e. The molecule has 0 aliphatic carbocycles. The van der Waals surface area contributed by atoms with Crippen LogP contribution < -0.4 is 0 Å². The lowest BCUT2D eigenvalue weighted by molar-refractivity contribution is -0.147. The van der Waals surface area contributed by atoms with E-state index in [1.54, 1.807) is 25.1 Å². The standard InChI is InChI=1S/C20H20ClNO5/c1-12-10-17(13(2)22(12)16-6-4-15(21)5-7-16)19(23)14(3)27-20(24)18-11-25-8-9-26-18/h4-7,10-11,14H,8-9H2,1-3H3/t14-/m0/s1. The molecule has 142 valence electrons. The highest BCUT2D eigenvalue weighted by Crippen LogP contribution is 2.24. The van der Waals surface area contributed by atoms with Crippen LogP contribution in [-0.2, 0) is 19.0 Å². The van der Waals surface area contributed by atoms with Crippen molar-refractivity contribution in [3.8, 4) is 5.69 Å². The Balaban J connectivity index is 1.80. The molecular weight excluding hydrogens is 370 g/mol. The van der Waals surface area contributed by atoms with Gasteiger partial charge >= 0.3 is 5.97 Å². The number of ether oxygens (including phenoxy) is 3. The average Bonchev–Trinajstić information content (AvgIpc) is 2.96. The number of Topliss-reactive ketones (excluding diaryl/α,β-unsaturated/α-hetero) is 1. The van der Waals surface area contributed by atoms with E-state index in [1.165, 1.54) is 6.26 Å². The maximum Gasteiger partial charge on any atom is 0.377 e. The van der Waals surface area contributed by atoms with Crippen LogP contribution in [0.25, 0.3) is 5.69 Å². The minimum atomic E-state index is -0.955. The molecule has 1 aromatic heterocycles. The summed E-state index contributed by atoms with van der Waals surface area (Å²) in [5.41, 5.74) is 3.05. The number of aromatic nitrogens is 1. The van der Waals surface area contributed by atoms with Gasteiger partial charge in [0.15, 0.2) is 6.10 Å². The third-order valence-corrected chi connectivity index (χ3v) is 4.54. The van der Waals surface area contributed by atoms with Crippen molar-refractivity contribution in [2.75, 3.05) is 13.2 Å². The predicted molar refractivity (Wildman–Crippen MR) is 100 cm³/mol. The molecule has 2 heterocycles. The summed E-state index contributed by atoms with van der Waals surface area (Å²) >= 11 is 5.95. The predicted octanol–water partition coefficient (Wildman–Crippen LogP) is 3.75. The summed E-state index contributed by atoms with van der Waals surface area (Å²) in [6.45, 7) is 5.95. The van der Waals surface area contributed by atoms with E-state index >= 15 is 0 Å². The number of carbonyl (C=O) groups is 2. The van der Waals surface area contributed by atoms with Gasteiger partial charge in [-0.3, -0.25) is 4.79 Å². The first-order valence-electron chi connectivity index (χ1n) is 8.53. The molecule has 0 N–H and O–H groups in total. The molecule has 0 saturated carbocycles. The van der Waals surface area contributed by atoms with Crippen molar-refractivity contribution < 1.29 is 23.8 Å². The summed E-state index contributed by atoms with van der Waals surface area (Å²) in [6, 6.07) is 9.14. The molecule has 2 aromatic rings. The Labute approximate surface area is 162 Å². The monoisotopic (exact) mass is 389 g/mol. The van der Waals surface area contributed by atoms with Gasteiger partial charge in [-0.05, 0) is 51.1 Å². The van der Waals surface area contributed by atoms with E-state index in [0.717, 1.165) is 17.1 Å². The van der Waals surface area contributed by atoms with E-state index in [9.17, 15) is 9.59 Å². The zero-order valence-electron chi connectivity index (χ0n) is 15.3. The van der Waals surface area contributed by atoms with Gasteiger partial charge in [0.2, 0.25) is 11.5 Å². The number of halogens is 1. The van der Waals surface area contributed by atoms with E-state index in [0.29, 0.717) is 17.2 Å². The average molecular weight is 390 g/mol. The topological polar surface area (TPSA) is 66.8 Å². The van der Waals surface area contributed by atoms with Gasteiger partial charge < -0.3 is 18.8 Å². The highest BCUT2D eigenvalue weighted by Gasteiger charge is 2.27. The molecule has 0 fully saturated rings. The lowest BCUT2D eigenvalue weighted by Gasteiger charge is -2.17. The number of nitrogens with zero attached hydrogens (tertiary/aromatic N) is 1. The van der Waals surface area contributed by atoms with Crippen LogP contribution in [0.5, 0.6) is 0 Å². The minimum absolute atomic E-state index is 0.0347. The lowest BCUT2D eigenvalue weighted by atomic mass is 10.1. The summed E-state index contributed by atoms with van der Waals surface area (Å²) in [4.78, 5) is 24.9. The van der Waals surface area contributed by atoms with Crippen LogP contribution in [0.2, 0.25) is 5.02 Å². The van der Waals surface area contributed by atoms with E-state index in [-0.39, 0.29) is 18.1 Å². The Hall–Kier alpha value is -2.73. The molecule has 0 spiro atoms. The zero-order valence-corrected chi connectivity index (χ0v) is 16.1. The van der Waals surface area contributed by atoms with Crippen molar-refractivity contribution in [2.45, 2.75) is 26.9 Å². The molecule has 0 unspecified atom stereocenters. The van der Waals surface area contributed by atoms with Crippen LogP contribution in [-0.4, -0.2) is 35.6 Å². The third-order valence-electron chi connectivity index (χ3n) is 4.28. The summed E-state index contributed by atoms with van der Waals surface area (Å²) in [7, 11) is 0. The van der Waals surface area contributed by atoms with E-state index in [4.69, 9.17) is 25.8 Å². The molecule has 27 heavy (non-hydrogen) atoms. The van der Waals surface area contributed by atoms with E-state index in [1.807, 2.05) is 30.5 Å². The van der Waals surface area contributed by atoms with Gasteiger partial charge in [0, 0.05) is 27.7 Å². The van der Waals surface area contributed by atoms with Crippen LogP contribution in [0.3, 0.4) is 0 Å². The fraction of sp³-hybridized carbons (Fsp3) is 0.300. The number of ketones is 1. The molecule has 0 bridgehead atoms. The Morgan fingerprint density at radius 3 is 2.52 bits per heavy atom. The van der Waals surface area contributed by atoms with Crippen molar-refractivity contribution in [1.29, 1.82) is 0 Å². The minimum Gasteiger partial charge on any atom is -0.493 e. The second kappa shape index (κ2) is 7.88. The number of esters is 1. The van der Waals surface area contributed by atoms with Crippen LogP contribution in [0.1, 0.15) is 28.7 Å². The molecule has 1 aliphatic rings. The Morgan fingerprint density at radius 2 is 1.89 bits per heavy atom. The molecule has 1 atom stereocenters. The molecule has 6 nitrogen and oxygen atoms in total. The summed E-state index contributed by atoms with van der Waals surface area (Å²) < 4.78 is 17.4. The zero-order chi connectivity index (χ0) is 19.6. The van der Waals surface area contributed by atoms with Gasteiger partial charge in [-0.25, -0.2) is 4.79 Å². The fourth-order valence-corrected chi connectivity index (χ4v) is 3.09. The van der Waals surface area contributed by atoms with Gasteiger partial charge in [0.1, 0.15) is 19.5 Å². The Morgan fingerprint density at radius 1 is 1.19 bits per heavy atom. The number of rotatable bonds is 5. The van der Waals surface area contributed by atoms with Gasteiger partial charge in [0.05, 0.1) is 0 Å². The normalized spacial score (nSPS) is 14.6. The second-order valence-electron chi connectivity index (χ2n) is 6.21. The van der Waals surface area contributed by atoms with Gasteiger partial charge in [-0.15, -0.1) is 0 Å². The first-order valence-corrected chi connectivity index (χ1v) is 8.91. The first kappa shape index (κ1) is 19.0.